The SMILES string of the molecule is CC/C=C(/C)NCCCCCC. The van der Waals surface area contributed by atoms with Gasteiger partial charge < -0.3 is 5.32 Å². The largest absolute Gasteiger partial charge is 0.389 e. The molecule has 0 aliphatic carbocycles. The first kappa shape index (κ1) is 11.5. The Morgan fingerprint density at radius 3 is 2.50 bits per heavy atom. The van der Waals surface area contributed by atoms with Gasteiger partial charge in [-0.25, -0.2) is 0 Å². The second kappa shape index (κ2) is 8.63. The van der Waals surface area contributed by atoms with Crippen LogP contribution in [-0.2, 0) is 0 Å². The molecule has 0 amide bonds. The van der Waals surface area contributed by atoms with Gasteiger partial charge in [-0.15, -0.1) is 0 Å². The lowest BCUT2D eigenvalue weighted by Crippen LogP contribution is -2.12. The van der Waals surface area contributed by atoms with Crippen LogP contribution in [0.25, 0.3) is 0 Å². The van der Waals surface area contributed by atoms with Gasteiger partial charge in [0.15, 0.2) is 0 Å². The molecule has 0 atom stereocenters. The van der Waals surface area contributed by atoms with Crippen molar-refractivity contribution in [3.8, 4) is 0 Å². The molecule has 0 unspecified atom stereocenters. The fourth-order valence-electron chi connectivity index (χ4n) is 1.22. The van der Waals surface area contributed by atoms with Crippen molar-refractivity contribution in [2.75, 3.05) is 6.54 Å². The van der Waals surface area contributed by atoms with E-state index in [9.17, 15) is 0 Å². The Balaban J connectivity index is 3.14. The summed E-state index contributed by atoms with van der Waals surface area (Å²) in [6.07, 6.45) is 8.74. The molecule has 1 nitrogen and oxygen atoms in total. The third-order valence-electron chi connectivity index (χ3n) is 1.94. The van der Waals surface area contributed by atoms with E-state index in [2.05, 4.69) is 32.2 Å². The van der Waals surface area contributed by atoms with E-state index in [-0.39, 0.29) is 0 Å². The third kappa shape index (κ3) is 7.64. The second-order valence-corrected chi connectivity index (χ2v) is 3.28. The molecule has 0 spiro atoms. The van der Waals surface area contributed by atoms with Gasteiger partial charge in [-0.2, -0.15) is 0 Å². The maximum Gasteiger partial charge on any atom is 0.0143 e. The molecule has 0 saturated carbocycles. The Hall–Kier alpha value is -0.460. The fourth-order valence-corrected chi connectivity index (χ4v) is 1.22. The lowest BCUT2D eigenvalue weighted by atomic mass is 10.2. The van der Waals surface area contributed by atoms with Crippen LogP contribution in [0.15, 0.2) is 11.8 Å². The average Bonchev–Trinajstić information content (AvgIpc) is 2.05. The quantitative estimate of drug-likeness (QED) is 0.575. The van der Waals surface area contributed by atoms with Gasteiger partial charge in [0.25, 0.3) is 0 Å². The Morgan fingerprint density at radius 2 is 1.92 bits per heavy atom. The minimum Gasteiger partial charge on any atom is -0.389 e. The minimum atomic E-state index is 1.13. The lowest BCUT2D eigenvalue weighted by molar-refractivity contribution is 0.634. The molecule has 0 aromatic carbocycles. The topological polar surface area (TPSA) is 12.0 Å². The zero-order valence-corrected chi connectivity index (χ0v) is 8.82. The first-order chi connectivity index (χ1) is 5.81. The van der Waals surface area contributed by atoms with Gasteiger partial charge in [-0.1, -0.05) is 39.2 Å². The summed E-state index contributed by atoms with van der Waals surface area (Å²) in [6, 6.07) is 0. The normalized spacial score (nSPS) is 11.8. The van der Waals surface area contributed by atoms with Crippen molar-refractivity contribution in [2.45, 2.75) is 52.9 Å². The Kier molecular flexibility index (Phi) is 8.30. The number of allylic oxidation sites excluding steroid dienone is 2. The molecular formula is C11H23N. The van der Waals surface area contributed by atoms with E-state index in [0.717, 1.165) is 13.0 Å². The highest BCUT2D eigenvalue weighted by molar-refractivity contribution is 4.93. The number of nitrogens with one attached hydrogen (secondary N) is 1. The van der Waals surface area contributed by atoms with Gasteiger partial charge >= 0.3 is 0 Å². The summed E-state index contributed by atoms with van der Waals surface area (Å²) in [6.45, 7) is 7.70. The average molecular weight is 169 g/mol. The molecular weight excluding hydrogens is 146 g/mol. The molecule has 0 rings (SSSR count). The molecule has 0 aromatic heterocycles. The predicted molar refractivity (Wildman–Crippen MR) is 56.2 cm³/mol. The van der Waals surface area contributed by atoms with Crippen molar-refractivity contribution >= 4 is 0 Å². The maximum atomic E-state index is 3.40. The van der Waals surface area contributed by atoms with Gasteiger partial charge in [0, 0.05) is 12.2 Å². The predicted octanol–water partition coefficient (Wildman–Crippen LogP) is 3.47. The highest BCUT2D eigenvalue weighted by atomic mass is 14.9. The van der Waals surface area contributed by atoms with E-state index in [0.29, 0.717) is 0 Å². The minimum absolute atomic E-state index is 1.13. The van der Waals surface area contributed by atoms with Crippen molar-refractivity contribution in [1.29, 1.82) is 0 Å². The zero-order valence-electron chi connectivity index (χ0n) is 8.82. The zero-order chi connectivity index (χ0) is 9.23. The van der Waals surface area contributed by atoms with E-state index in [1.54, 1.807) is 0 Å². The Labute approximate surface area is 77.2 Å². The summed E-state index contributed by atoms with van der Waals surface area (Å²) < 4.78 is 0. The van der Waals surface area contributed by atoms with Crippen molar-refractivity contribution in [3.05, 3.63) is 11.8 Å². The molecule has 0 aromatic rings. The molecule has 1 heteroatoms. The van der Waals surface area contributed by atoms with Gasteiger partial charge in [0.05, 0.1) is 0 Å². The van der Waals surface area contributed by atoms with Crippen molar-refractivity contribution in [1.82, 2.24) is 5.32 Å². The van der Waals surface area contributed by atoms with Crippen LogP contribution in [0.2, 0.25) is 0 Å². The van der Waals surface area contributed by atoms with Gasteiger partial charge in [-0.05, 0) is 19.8 Å². The number of hydrogen-bond donors (Lipinski definition) is 1. The first-order valence-corrected chi connectivity index (χ1v) is 5.21. The van der Waals surface area contributed by atoms with Crippen molar-refractivity contribution in [2.24, 2.45) is 0 Å². The van der Waals surface area contributed by atoms with E-state index in [1.165, 1.54) is 31.4 Å². The smallest absolute Gasteiger partial charge is 0.0143 e. The molecule has 0 aliphatic heterocycles. The van der Waals surface area contributed by atoms with Crippen LogP contribution < -0.4 is 5.32 Å². The van der Waals surface area contributed by atoms with Gasteiger partial charge in [-0.3, -0.25) is 0 Å². The summed E-state index contributed by atoms with van der Waals surface area (Å²) in [5.74, 6) is 0. The highest BCUT2D eigenvalue weighted by Crippen LogP contribution is 1.98. The van der Waals surface area contributed by atoms with Crippen LogP contribution >= 0.6 is 0 Å². The lowest BCUT2D eigenvalue weighted by Gasteiger charge is -2.05. The number of unbranched alkanes of at least 4 members (excludes halogenated alkanes) is 3. The summed E-state index contributed by atoms with van der Waals surface area (Å²) in [4.78, 5) is 0. The highest BCUT2D eigenvalue weighted by Gasteiger charge is 1.88. The molecule has 0 bridgehead atoms. The van der Waals surface area contributed by atoms with Crippen LogP contribution in [0.3, 0.4) is 0 Å². The molecule has 0 radical (unpaired) electrons. The molecule has 72 valence electrons. The molecule has 12 heavy (non-hydrogen) atoms. The van der Waals surface area contributed by atoms with E-state index < -0.39 is 0 Å². The number of hydrogen-bond acceptors (Lipinski definition) is 1. The maximum absolute atomic E-state index is 3.40. The molecule has 1 N–H and O–H groups in total. The Morgan fingerprint density at radius 1 is 1.17 bits per heavy atom. The van der Waals surface area contributed by atoms with Crippen LogP contribution in [0.4, 0.5) is 0 Å². The molecule has 0 heterocycles. The van der Waals surface area contributed by atoms with Crippen LogP contribution in [0.1, 0.15) is 52.9 Å². The van der Waals surface area contributed by atoms with Crippen LogP contribution in [-0.4, -0.2) is 6.54 Å². The first-order valence-electron chi connectivity index (χ1n) is 5.21. The monoisotopic (exact) mass is 169 g/mol. The van der Waals surface area contributed by atoms with Crippen molar-refractivity contribution in [3.63, 3.8) is 0 Å². The number of rotatable bonds is 7. The van der Waals surface area contributed by atoms with Crippen LogP contribution in [0, 0.1) is 0 Å². The summed E-state index contributed by atoms with van der Waals surface area (Å²) in [5.41, 5.74) is 1.33. The fraction of sp³-hybridized carbons (Fsp3) is 0.818. The van der Waals surface area contributed by atoms with Gasteiger partial charge in [0.1, 0.15) is 0 Å². The molecule has 0 fully saturated rings. The Bertz CT molecular complexity index is 116. The third-order valence-corrected chi connectivity index (χ3v) is 1.94. The van der Waals surface area contributed by atoms with E-state index in [1.807, 2.05) is 0 Å². The van der Waals surface area contributed by atoms with Crippen molar-refractivity contribution < 1.29 is 0 Å². The molecule has 0 aliphatic rings. The summed E-state index contributed by atoms with van der Waals surface area (Å²) in [7, 11) is 0. The standard InChI is InChI=1S/C11H23N/c1-4-6-7-8-10-12-11(3)9-5-2/h9,12H,4-8,10H2,1-3H3/b11-9-. The van der Waals surface area contributed by atoms with E-state index in [4.69, 9.17) is 0 Å². The second-order valence-electron chi connectivity index (χ2n) is 3.28. The van der Waals surface area contributed by atoms with Gasteiger partial charge in [0.2, 0.25) is 0 Å². The summed E-state index contributed by atoms with van der Waals surface area (Å²) >= 11 is 0. The summed E-state index contributed by atoms with van der Waals surface area (Å²) in [5, 5.41) is 3.40. The van der Waals surface area contributed by atoms with Crippen LogP contribution in [0.5, 0.6) is 0 Å². The van der Waals surface area contributed by atoms with E-state index >= 15 is 0 Å². The molecule has 0 saturated heterocycles.